The van der Waals surface area contributed by atoms with Crippen LogP contribution >= 0.6 is 24.0 Å². The second-order valence-corrected chi connectivity index (χ2v) is 4.50. The summed E-state index contributed by atoms with van der Waals surface area (Å²) < 4.78 is 6.37. The predicted octanol–water partition coefficient (Wildman–Crippen LogP) is 2.98. The highest BCUT2D eigenvalue weighted by atomic mass is 32.2. The second kappa shape index (κ2) is 3.76. The van der Waals surface area contributed by atoms with Crippen LogP contribution in [0.5, 0.6) is 0 Å². The van der Waals surface area contributed by atoms with E-state index in [1.807, 2.05) is 0 Å². The van der Waals surface area contributed by atoms with Gasteiger partial charge in [0.25, 0.3) is 0 Å². The van der Waals surface area contributed by atoms with Crippen molar-refractivity contribution in [2.45, 2.75) is 38.7 Å². The minimum Gasteiger partial charge on any atom is -0.471 e. The van der Waals surface area contributed by atoms with E-state index < -0.39 is 0 Å². The fourth-order valence-electron chi connectivity index (χ4n) is 1.36. The highest BCUT2D eigenvalue weighted by Gasteiger charge is 2.36. The van der Waals surface area contributed by atoms with Gasteiger partial charge in [-0.2, -0.15) is 0 Å². The summed E-state index contributed by atoms with van der Waals surface area (Å²) >= 11 is 6.67. The van der Waals surface area contributed by atoms with Crippen LogP contribution < -0.4 is 0 Å². The SMILES string of the molecule is CCCC1(CC)CSC(=S)O1. The quantitative estimate of drug-likeness (QED) is 0.633. The fourth-order valence-corrected chi connectivity index (χ4v) is 2.73. The molecule has 0 aromatic carbocycles. The van der Waals surface area contributed by atoms with Gasteiger partial charge >= 0.3 is 0 Å². The maximum absolute atomic E-state index is 5.63. The maximum Gasteiger partial charge on any atom is 0.220 e. The third kappa shape index (κ3) is 2.09. The number of thiocarbonyl (C=S) groups is 1. The van der Waals surface area contributed by atoms with Gasteiger partial charge in [-0.15, -0.1) is 0 Å². The molecule has 0 aromatic heterocycles. The van der Waals surface area contributed by atoms with E-state index in [4.69, 9.17) is 17.0 Å². The summed E-state index contributed by atoms with van der Waals surface area (Å²) in [6.07, 6.45) is 3.39. The van der Waals surface area contributed by atoms with E-state index >= 15 is 0 Å². The number of ether oxygens (including phenoxy) is 1. The smallest absolute Gasteiger partial charge is 0.220 e. The molecule has 0 radical (unpaired) electrons. The molecule has 0 aromatic rings. The Morgan fingerprint density at radius 1 is 1.64 bits per heavy atom. The zero-order chi connectivity index (χ0) is 8.32. The summed E-state index contributed by atoms with van der Waals surface area (Å²) in [5, 5.41) is 0. The Morgan fingerprint density at radius 3 is 2.73 bits per heavy atom. The molecule has 0 aliphatic carbocycles. The van der Waals surface area contributed by atoms with E-state index in [0.717, 1.165) is 23.0 Å². The molecule has 0 bridgehead atoms. The molecular weight excluding hydrogens is 176 g/mol. The summed E-state index contributed by atoms with van der Waals surface area (Å²) in [5.74, 6) is 1.05. The van der Waals surface area contributed by atoms with Crippen LogP contribution in [-0.2, 0) is 4.74 Å². The van der Waals surface area contributed by atoms with Gasteiger partial charge in [-0.05, 0) is 25.1 Å². The Kier molecular flexibility index (Phi) is 3.19. The van der Waals surface area contributed by atoms with Gasteiger partial charge in [0.1, 0.15) is 5.60 Å². The molecule has 3 heteroatoms. The van der Waals surface area contributed by atoms with Crippen molar-refractivity contribution >= 4 is 28.4 Å². The molecular formula is C8H14OS2. The highest BCUT2D eigenvalue weighted by molar-refractivity contribution is 8.22. The minimum atomic E-state index is 0.0799. The molecule has 0 spiro atoms. The second-order valence-electron chi connectivity index (χ2n) is 2.93. The van der Waals surface area contributed by atoms with E-state index in [1.54, 1.807) is 11.8 Å². The lowest BCUT2D eigenvalue weighted by molar-refractivity contribution is 0.0833. The monoisotopic (exact) mass is 190 g/mol. The summed E-state index contributed by atoms with van der Waals surface area (Å²) in [6, 6.07) is 0. The number of thioether (sulfide) groups is 1. The van der Waals surface area contributed by atoms with Crippen LogP contribution in [0.25, 0.3) is 0 Å². The van der Waals surface area contributed by atoms with Crippen LogP contribution in [0.1, 0.15) is 33.1 Å². The maximum atomic E-state index is 5.63. The van der Waals surface area contributed by atoms with Crippen LogP contribution in [0.3, 0.4) is 0 Å². The molecule has 1 unspecified atom stereocenters. The zero-order valence-electron chi connectivity index (χ0n) is 7.05. The van der Waals surface area contributed by atoms with Gasteiger partial charge in [0, 0.05) is 5.75 Å². The van der Waals surface area contributed by atoms with Crippen molar-refractivity contribution in [3.8, 4) is 0 Å². The average molecular weight is 190 g/mol. The van der Waals surface area contributed by atoms with Gasteiger partial charge < -0.3 is 4.74 Å². The van der Waals surface area contributed by atoms with Crippen LogP contribution in [0, 0.1) is 0 Å². The lowest BCUT2D eigenvalue weighted by Gasteiger charge is -2.24. The summed E-state index contributed by atoms with van der Waals surface area (Å²) in [7, 11) is 0. The first kappa shape index (κ1) is 9.33. The Balaban J connectivity index is 2.54. The van der Waals surface area contributed by atoms with Crippen molar-refractivity contribution in [3.63, 3.8) is 0 Å². The van der Waals surface area contributed by atoms with Crippen LogP contribution in [0.2, 0.25) is 0 Å². The molecule has 1 atom stereocenters. The van der Waals surface area contributed by atoms with Crippen molar-refractivity contribution in [1.29, 1.82) is 0 Å². The number of hydrogen-bond acceptors (Lipinski definition) is 3. The van der Waals surface area contributed by atoms with E-state index in [2.05, 4.69) is 13.8 Å². The van der Waals surface area contributed by atoms with E-state index in [-0.39, 0.29) is 5.60 Å². The van der Waals surface area contributed by atoms with Crippen molar-refractivity contribution in [2.24, 2.45) is 0 Å². The largest absolute Gasteiger partial charge is 0.471 e. The normalized spacial score (nSPS) is 30.5. The Labute approximate surface area is 77.9 Å². The Bertz CT molecular complexity index is 158. The first-order chi connectivity index (χ1) is 5.22. The van der Waals surface area contributed by atoms with Gasteiger partial charge in [0.15, 0.2) is 0 Å². The Hall–Kier alpha value is 0.240. The topological polar surface area (TPSA) is 9.23 Å². The molecule has 1 nitrogen and oxygen atoms in total. The van der Waals surface area contributed by atoms with Crippen molar-refractivity contribution < 1.29 is 4.74 Å². The minimum absolute atomic E-state index is 0.0799. The predicted molar refractivity (Wildman–Crippen MR) is 54.1 cm³/mol. The van der Waals surface area contributed by atoms with Crippen molar-refractivity contribution in [3.05, 3.63) is 0 Å². The standard InChI is InChI=1S/C8H14OS2/c1-3-5-8(4-2)6-11-7(10)9-8/h3-6H2,1-2H3. The number of hydrogen-bond donors (Lipinski definition) is 0. The molecule has 0 N–H and O–H groups in total. The van der Waals surface area contributed by atoms with Crippen molar-refractivity contribution in [2.75, 3.05) is 5.75 Å². The first-order valence-electron chi connectivity index (χ1n) is 4.08. The van der Waals surface area contributed by atoms with Crippen LogP contribution in [-0.4, -0.2) is 15.7 Å². The molecule has 1 fully saturated rings. The average Bonchev–Trinajstić information content (AvgIpc) is 2.34. The molecule has 0 saturated carbocycles. The van der Waals surface area contributed by atoms with Crippen molar-refractivity contribution in [1.82, 2.24) is 0 Å². The fraction of sp³-hybridized carbons (Fsp3) is 0.875. The summed E-state index contributed by atoms with van der Waals surface area (Å²) in [4.78, 5) is 0. The lowest BCUT2D eigenvalue weighted by atomic mass is 9.97. The van der Waals surface area contributed by atoms with Crippen LogP contribution in [0.15, 0.2) is 0 Å². The first-order valence-corrected chi connectivity index (χ1v) is 5.47. The van der Waals surface area contributed by atoms with E-state index in [9.17, 15) is 0 Å². The molecule has 1 saturated heterocycles. The summed E-state index contributed by atoms with van der Waals surface area (Å²) in [6.45, 7) is 4.36. The van der Waals surface area contributed by atoms with E-state index in [1.165, 1.54) is 6.42 Å². The lowest BCUT2D eigenvalue weighted by Crippen LogP contribution is -2.29. The van der Waals surface area contributed by atoms with Gasteiger partial charge in [-0.1, -0.05) is 32.0 Å². The van der Waals surface area contributed by atoms with Gasteiger partial charge in [0.05, 0.1) is 0 Å². The molecule has 1 aliphatic rings. The van der Waals surface area contributed by atoms with Gasteiger partial charge in [-0.3, -0.25) is 0 Å². The van der Waals surface area contributed by atoms with Gasteiger partial charge in [0.2, 0.25) is 4.38 Å². The molecule has 1 heterocycles. The summed E-state index contributed by atoms with van der Waals surface area (Å²) in [5.41, 5.74) is 0.0799. The number of rotatable bonds is 3. The third-order valence-corrected chi connectivity index (χ3v) is 3.53. The molecule has 11 heavy (non-hydrogen) atoms. The van der Waals surface area contributed by atoms with Gasteiger partial charge in [-0.25, -0.2) is 0 Å². The Morgan fingerprint density at radius 2 is 2.36 bits per heavy atom. The highest BCUT2D eigenvalue weighted by Crippen LogP contribution is 2.35. The van der Waals surface area contributed by atoms with Crippen LogP contribution in [0.4, 0.5) is 0 Å². The molecule has 1 aliphatic heterocycles. The zero-order valence-corrected chi connectivity index (χ0v) is 8.69. The van der Waals surface area contributed by atoms with E-state index in [0.29, 0.717) is 0 Å². The third-order valence-electron chi connectivity index (χ3n) is 2.10. The molecule has 64 valence electrons. The molecule has 0 amide bonds. The molecule has 1 rings (SSSR count).